The highest BCUT2D eigenvalue weighted by molar-refractivity contribution is 5.87. The molecule has 0 saturated heterocycles. The Labute approximate surface area is 101 Å². The molecule has 0 saturated carbocycles. The number of nitrogens with zero attached hydrogens (tertiary/aromatic N) is 1. The molecule has 0 aromatic carbocycles. The van der Waals surface area contributed by atoms with E-state index in [9.17, 15) is 22.8 Å². The fourth-order valence-corrected chi connectivity index (χ4v) is 1.59. The summed E-state index contributed by atoms with van der Waals surface area (Å²) in [7, 11) is 0. The molecule has 0 bridgehead atoms. The number of carbonyl (C=O) groups is 1. The molecule has 0 aliphatic heterocycles. The van der Waals surface area contributed by atoms with E-state index in [-0.39, 0.29) is 0 Å². The zero-order chi connectivity index (χ0) is 14.3. The summed E-state index contributed by atoms with van der Waals surface area (Å²) in [6.07, 6.45) is -4.72. The summed E-state index contributed by atoms with van der Waals surface area (Å²) in [5.74, 6) is -1.55. The molecule has 0 fully saturated rings. The lowest BCUT2D eigenvalue weighted by molar-refractivity contribution is -0.146. The molecule has 0 radical (unpaired) electrons. The van der Waals surface area contributed by atoms with Crippen molar-refractivity contribution in [3.63, 3.8) is 0 Å². The number of hydrogen-bond donors (Lipinski definition) is 1. The van der Waals surface area contributed by atoms with Gasteiger partial charge in [-0.1, -0.05) is 0 Å². The number of alkyl halides is 3. The minimum Gasteiger partial charge on any atom is -0.477 e. The maximum absolute atomic E-state index is 12.8. The number of rotatable bonds is 1. The zero-order valence-corrected chi connectivity index (χ0v) is 10.00. The van der Waals surface area contributed by atoms with Crippen LogP contribution in [0.25, 0.3) is 0 Å². The topological polar surface area (TPSA) is 59.3 Å². The number of hydrogen-bond acceptors (Lipinski definition) is 2. The van der Waals surface area contributed by atoms with Crippen molar-refractivity contribution in [1.82, 2.24) is 4.57 Å². The van der Waals surface area contributed by atoms with Gasteiger partial charge in [0, 0.05) is 5.54 Å². The van der Waals surface area contributed by atoms with E-state index in [4.69, 9.17) is 5.11 Å². The Hall–Kier alpha value is -1.79. The third-order valence-corrected chi connectivity index (χ3v) is 2.27. The number of halogens is 3. The van der Waals surface area contributed by atoms with Gasteiger partial charge in [0.1, 0.15) is 11.3 Å². The van der Waals surface area contributed by atoms with Crippen LogP contribution in [-0.4, -0.2) is 15.6 Å². The number of carboxylic acid groups (broad SMARTS) is 1. The van der Waals surface area contributed by atoms with E-state index in [0.29, 0.717) is 16.7 Å². The van der Waals surface area contributed by atoms with Crippen LogP contribution >= 0.6 is 0 Å². The van der Waals surface area contributed by atoms with Crippen LogP contribution in [0.15, 0.2) is 16.9 Å². The quantitative estimate of drug-likeness (QED) is 0.845. The van der Waals surface area contributed by atoms with Crippen molar-refractivity contribution < 1.29 is 23.1 Å². The van der Waals surface area contributed by atoms with E-state index in [0.717, 1.165) is 0 Å². The zero-order valence-electron chi connectivity index (χ0n) is 10.00. The number of pyridine rings is 1. The highest BCUT2D eigenvalue weighted by atomic mass is 19.4. The minimum atomic E-state index is -4.72. The molecule has 18 heavy (non-hydrogen) atoms. The summed E-state index contributed by atoms with van der Waals surface area (Å²) in [6.45, 7) is 4.19. The number of carboxylic acids is 1. The lowest BCUT2D eigenvalue weighted by atomic mass is 10.1. The van der Waals surface area contributed by atoms with E-state index in [2.05, 4.69) is 0 Å². The molecule has 1 heterocycles. The first-order valence-corrected chi connectivity index (χ1v) is 5.03. The van der Waals surface area contributed by atoms with Gasteiger partial charge in [0.05, 0.1) is 0 Å². The van der Waals surface area contributed by atoms with E-state index in [1.54, 1.807) is 0 Å². The molecule has 1 rings (SSSR count). The van der Waals surface area contributed by atoms with Crippen molar-refractivity contribution in [3.8, 4) is 0 Å². The molecule has 0 aliphatic rings. The van der Waals surface area contributed by atoms with Gasteiger partial charge in [-0.2, -0.15) is 13.2 Å². The third-order valence-electron chi connectivity index (χ3n) is 2.27. The standard InChI is InChI=1S/C11H12F3NO3/c1-10(2,3)15-7(11(12,13)14)5-4-6(8(15)16)9(17)18/h4-5H,1-3H3,(H,17,18). The summed E-state index contributed by atoms with van der Waals surface area (Å²) in [5, 5.41) is 8.75. The summed E-state index contributed by atoms with van der Waals surface area (Å²) in [4.78, 5) is 22.6. The molecule has 1 aromatic rings. The highest BCUT2D eigenvalue weighted by Gasteiger charge is 2.38. The number of aromatic nitrogens is 1. The van der Waals surface area contributed by atoms with Gasteiger partial charge in [-0.25, -0.2) is 4.79 Å². The Morgan fingerprint density at radius 3 is 2.06 bits per heavy atom. The monoisotopic (exact) mass is 263 g/mol. The minimum absolute atomic E-state index is 0.455. The lowest BCUT2D eigenvalue weighted by Crippen LogP contribution is -2.40. The van der Waals surface area contributed by atoms with E-state index in [1.165, 1.54) is 20.8 Å². The van der Waals surface area contributed by atoms with Crippen molar-refractivity contribution in [3.05, 3.63) is 33.7 Å². The Bertz CT molecular complexity index is 538. The molecule has 100 valence electrons. The molecule has 0 aliphatic carbocycles. The molecule has 0 atom stereocenters. The number of aromatic carboxylic acids is 1. The van der Waals surface area contributed by atoms with Gasteiger partial charge in [-0.3, -0.25) is 9.36 Å². The fourth-order valence-electron chi connectivity index (χ4n) is 1.59. The predicted molar refractivity (Wildman–Crippen MR) is 57.7 cm³/mol. The molecular formula is C11H12F3NO3. The van der Waals surface area contributed by atoms with E-state index in [1.807, 2.05) is 0 Å². The first-order valence-electron chi connectivity index (χ1n) is 5.03. The van der Waals surface area contributed by atoms with Gasteiger partial charge < -0.3 is 5.11 Å². The van der Waals surface area contributed by atoms with Crippen LogP contribution < -0.4 is 5.56 Å². The van der Waals surface area contributed by atoms with E-state index < -0.39 is 34.5 Å². The predicted octanol–water partition coefficient (Wildman–Crippen LogP) is 2.32. The molecule has 1 aromatic heterocycles. The lowest BCUT2D eigenvalue weighted by Gasteiger charge is -2.27. The van der Waals surface area contributed by atoms with Crippen LogP contribution in [0.1, 0.15) is 36.8 Å². The molecule has 0 amide bonds. The van der Waals surface area contributed by atoms with Gasteiger partial charge in [-0.15, -0.1) is 0 Å². The Kier molecular flexibility index (Phi) is 3.29. The van der Waals surface area contributed by atoms with E-state index >= 15 is 0 Å². The summed E-state index contributed by atoms with van der Waals surface area (Å²) >= 11 is 0. The Morgan fingerprint density at radius 1 is 1.22 bits per heavy atom. The van der Waals surface area contributed by atoms with Crippen LogP contribution in [0.5, 0.6) is 0 Å². The molecule has 0 unspecified atom stereocenters. The average Bonchev–Trinajstić information content (AvgIpc) is 2.12. The molecule has 4 nitrogen and oxygen atoms in total. The van der Waals surface area contributed by atoms with Crippen LogP contribution in [0, 0.1) is 0 Å². The molecule has 0 spiro atoms. The average molecular weight is 263 g/mol. The van der Waals surface area contributed by atoms with Crippen LogP contribution in [-0.2, 0) is 11.7 Å². The van der Waals surface area contributed by atoms with Crippen molar-refractivity contribution >= 4 is 5.97 Å². The van der Waals surface area contributed by atoms with Crippen molar-refractivity contribution in [2.24, 2.45) is 0 Å². The second-order valence-corrected chi connectivity index (χ2v) is 4.75. The largest absolute Gasteiger partial charge is 0.477 e. The summed E-state index contributed by atoms with van der Waals surface area (Å²) < 4.78 is 38.8. The SMILES string of the molecule is CC(C)(C)n1c(C(F)(F)F)ccc(C(=O)O)c1=O. The van der Waals surface area contributed by atoms with Crippen molar-refractivity contribution in [1.29, 1.82) is 0 Å². The van der Waals surface area contributed by atoms with Gasteiger partial charge in [0.25, 0.3) is 5.56 Å². The second kappa shape index (κ2) is 4.15. The first kappa shape index (κ1) is 14.3. The van der Waals surface area contributed by atoms with Crippen LogP contribution in [0.3, 0.4) is 0 Å². The smallest absolute Gasteiger partial charge is 0.431 e. The van der Waals surface area contributed by atoms with Gasteiger partial charge >= 0.3 is 12.1 Å². The maximum atomic E-state index is 12.8. The summed E-state index contributed by atoms with van der Waals surface area (Å²) in [6, 6.07) is 1.28. The normalized spacial score (nSPS) is 12.6. The van der Waals surface area contributed by atoms with Crippen LogP contribution in [0.4, 0.5) is 13.2 Å². The highest BCUT2D eigenvalue weighted by Crippen LogP contribution is 2.31. The van der Waals surface area contributed by atoms with Gasteiger partial charge in [0.2, 0.25) is 0 Å². The third kappa shape index (κ3) is 2.55. The Morgan fingerprint density at radius 2 is 1.72 bits per heavy atom. The molecule has 1 N–H and O–H groups in total. The van der Waals surface area contributed by atoms with Crippen molar-refractivity contribution in [2.45, 2.75) is 32.5 Å². The second-order valence-electron chi connectivity index (χ2n) is 4.75. The molecular weight excluding hydrogens is 251 g/mol. The van der Waals surface area contributed by atoms with Gasteiger partial charge in [-0.05, 0) is 32.9 Å². The van der Waals surface area contributed by atoms with Crippen LogP contribution in [0.2, 0.25) is 0 Å². The Balaban J connectivity index is 3.75. The first-order chi connectivity index (χ1) is 7.96. The maximum Gasteiger partial charge on any atom is 0.431 e. The molecule has 7 heteroatoms. The summed E-state index contributed by atoms with van der Waals surface area (Å²) in [5.41, 5.74) is -4.18. The van der Waals surface area contributed by atoms with Gasteiger partial charge in [0.15, 0.2) is 0 Å². The van der Waals surface area contributed by atoms with Crippen molar-refractivity contribution in [2.75, 3.05) is 0 Å². The fraction of sp³-hybridized carbons (Fsp3) is 0.455.